The molecule has 2 aromatic rings. The SMILES string of the molecule is CCCN(C(=O)c1cccc(-n2cnnn2)c1)C1CCNC1. The van der Waals surface area contributed by atoms with E-state index in [1.807, 2.05) is 29.2 Å². The zero-order valence-electron chi connectivity index (χ0n) is 12.6. The maximum atomic E-state index is 12.9. The standard InChI is InChI=1S/C15H20N6O/c1-2-8-20(14-6-7-16-10-14)15(22)12-4-3-5-13(9-12)21-11-17-18-19-21/h3-5,9,11,14,16H,2,6-8,10H2,1H3. The van der Waals surface area contributed by atoms with Crippen molar-refractivity contribution in [3.63, 3.8) is 0 Å². The molecule has 1 aromatic heterocycles. The molecule has 0 radical (unpaired) electrons. The number of nitrogens with zero attached hydrogens (tertiary/aromatic N) is 5. The summed E-state index contributed by atoms with van der Waals surface area (Å²) in [4.78, 5) is 14.9. The fourth-order valence-electron chi connectivity index (χ4n) is 2.82. The van der Waals surface area contributed by atoms with Gasteiger partial charge in [0, 0.05) is 24.7 Å². The first-order valence-electron chi connectivity index (χ1n) is 7.64. The third-order valence-electron chi connectivity index (χ3n) is 3.91. The Bertz CT molecular complexity index is 621. The molecule has 1 N–H and O–H groups in total. The minimum Gasteiger partial charge on any atom is -0.334 e. The molecule has 0 aliphatic carbocycles. The molecule has 1 saturated heterocycles. The van der Waals surface area contributed by atoms with E-state index in [-0.39, 0.29) is 11.9 Å². The zero-order chi connectivity index (χ0) is 15.4. The number of rotatable bonds is 5. The van der Waals surface area contributed by atoms with Gasteiger partial charge in [-0.2, -0.15) is 0 Å². The van der Waals surface area contributed by atoms with E-state index in [0.29, 0.717) is 5.56 Å². The Balaban J connectivity index is 1.85. The van der Waals surface area contributed by atoms with Crippen LogP contribution in [0.15, 0.2) is 30.6 Å². The molecule has 116 valence electrons. The lowest BCUT2D eigenvalue weighted by molar-refractivity contribution is 0.0692. The Morgan fingerprint density at radius 3 is 3.09 bits per heavy atom. The molecule has 0 saturated carbocycles. The van der Waals surface area contributed by atoms with Crippen LogP contribution >= 0.6 is 0 Å². The Labute approximate surface area is 129 Å². The molecule has 3 rings (SSSR count). The molecule has 1 aliphatic heterocycles. The highest BCUT2D eigenvalue weighted by molar-refractivity contribution is 5.95. The third-order valence-corrected chi connectivity index (χ3v) is 3.91. The number of amides is 1. The summed E-state index contributed by atoms with van der Waals surface area (Å²) >= 11 is 0. The van der Waals surface area contributed by atoms with Crippen LogP contribution in [0.2, 0.25) is 0 Å². The minimum absolute atomic E-state index is 0.0745. The molecule has 7 heteroatoms. The van der Waals surface area contributed by atoms with Gasteiger partial charge >= 0.3 is 0 Å². The van der Waals surface area contributed by atoms with Crippen molar-refractivity contribution in [1.82, 2.24) is 30.4 Å². The van der Waals surface area contributed by atoms with Crippen LogP contribution in [0.3, 0.4) is 0 Å². The van der Waals surface area contributed by atoms with E-state index in [9.17, 15) is 4.79 Å². The van der Waals surface area contributed by atoms with Crippen LogP contribution < -0.4 is 5.32 Å². The summed E-state index contributed by atoms with van der Waals surface area (Å²) in [6.07, 6.45) is 3.49. The molecule has 1 amide bonds. The molecule has 1 aromatic carbocycles. The van der Waals surface area contributed by atoms with Gasteiger partial charge < -0.3 is 10.2 Å². The van der Waals surface area contributed by atoms with Gasteiger partial charge in [0.15, 0.2) is 0 Å². The van der Waals surface area contributed by atoms with Crippen LogP contribution in [0.5, 0.6) is 0 Å². The molecular weight excluding hydrogens is 280 g/mol. The summed E-state index contributed by atoms with van der Waals surface area (Å²) in [6, 6.07) is 7.71. The molecule has 7 nitrogen and oxygen atoms in total. The van der Waals surface area contributed by atoms with E-state index in [4.69, 9.17) is 0 Å². The topological polar surface area (TPSA) is 75.9 Å². The van der Waals surface area contributed by atoms with Crippen molar-refractivity contribution in [2.24, 2.45) is 0 Å². The van der Waals surface area contributed by atoms with Crippen molar-refractivity contribution in [1.29, 1.82) is 0 Å². The van der Waals surface area contributed by atoms with Gasteiger partial charge in [-0.25, -0.2) is 4.68 Å². The lowest BCUT2D eigenvalue weighted by Crippen LogP contribution is -2.42. The Hall–Kier alpha value is -2.28. The normalized spacial score (nSPS) is 17.6. The number of benzene rings is 1. The molecular formula is C15H20N6O. The number of nitrogens with one attached hydrogen (secondary N) is 1. The molecule has 0 bridgehead atoms. The monoisotopic (exact) mass is 300 g/mol. The molecule has 1 aliphatic rings. The Morgan fingerprint density at radius 2 is 2.41 bits per heavy atom. The van der Waals surface area contributed by atoms with Gasteiger partial charge in [-0.1, -0.05) is 13.0 Å². The second kappa shape index (κ2) is 6.65. The predicted molar refractivity (Wildman–Crippen MR) is 81.8 cm³/mol. The van der Waals surface area contributed by atoms with Crippen molar-refractivity contribution in [3.05, 3.63) is 36.2 Å². The number of carbonyl (C=O) groups excluding carboxylic acids is 1. The van der Waals surface area contributed by atoms with E-state index < -0.39 is 0 Å². The minimum atomic E-state index is 0.0745. The average molecular weight is 300 g/mol. The van der Waals surface area contributed by atoms with E-state index in [2.05, 4.69) is 27.8 Å². The number of hydrogen-bond acceptors (Lipinski definition) is 5. The average Bonchev–Trinajstić information content (AvgIpc) is 3.25. The number of carbonyl (C=O) groups is 1. The smallest absolute Gasteiger partial charge is 0.254 e. The molecule has 1 atom stereocenters. The van der Waals surface area contributed by atoms with Gasteiger partial charge in [0.25, 0.3) is 5.91 Å². The van der Waals surface area contributed by atoms with E-state index in [1.165, 1.54) is 6.33 Å². The molecule has 1 unspecified atom stereocenters. The summed E-state index contributed by atoms with van der Waals surface area (Å²) in [5.74, 6) is 0.0745. The lowest BCUT2D eigenvalue weighted by atomic mass is 10.1. The van der Waals surface area contributed by atoms with E-state index >= 15 is 0 Å². The van der Waals surface area contributed by atoms with Gasteiger partial charge in [0.1, 0.15) is 6.33 Å². The van der Waals surface area contributed by atoms with Crippen LogP contribution in [-0.4, -0.2) is 56.7 Å². The summed E-state index contributed by atoms with van der Waals surface area (Å²) in [5, 5.41) is 14.5. The van der Waals surface area contributed by atoms with Gasteiger partial charge in [0.05, 0.1) is 5.69 Å². The van der Waals surface area contributed by atoms with Gasteiger partial charge in [-0.05, 0) is 48.0 Å². The fourth-order valence-corrected chi connectivity index (χ4v) is 2.82. The lowest BCUT2D eigenvalue weighted by Gasteiger charge is -2.28. The van der Waals surface area contributed by atoms with Crippen LogP contribution in [0.4, 0.5) is 0 Å². The van der Waals surface area contributed by atoms with Crippen molar-refractivity contribution in [2.45, 2.75) is 25.8 Å². The van der Waals surface area contributed by atoms with Crippen LogP contribution in [0.25, 0.3) is 5.69 Å². The highest BCUT2D eigenvalue weighted by Crippen LogP contribution is 2.16. The zero-order valence-corrected chi connectivity index (χ0v) is 12.6. The maximum absolute atomic E-state index is 12.9. The van der Waals surface area contributed by atoms with Gasteiger partial charge in [-0.15, -0.1) is 5.10 Å². The van der Waals surface area contributed by atoms with Crippen molar-refractivity contribution in [3.8, 4) is 5.69 Å². The molecule has 1 fully saturated rings. The number of tetrazole rings is 1. The second-order valence-electron chi connectivity index (χ2n) is 5.45. The third kappa shape index (κ3) is 2.99. The van der Waals surface area contributed by atoms with E-state index in [0.717, 1.165) is 38.2 Å². The second-order valence-corrected chi connectivity index (χ2v) is 5.45. The van der Waals surface area contributed by atoms with E-state index in [1.54, 1.807) is 4.68 Å². The first kappa shape index (κ1) is 14.6. The van der Waals surface area contributed by atoms with Gasteiger partial charge in [0.2, 0.25) is 0 Å². The summed E-state index contributed by atoms with van der Waals surface area (Å²) in [7, 11) is 0. The van der Waals surface area contributed by atoms with Crippen LogP contribution in [0, 0.1) is 0 Å². The Kier molecular flexibility index (Phi) is 4.43. The fraction of sp³-hybridized carbons (Fsp3) is 0.467. The van der Waals surface area contributed by atoms with Crippen LogP contribution in [-0.2, 0) is 0 Å². The summed E-state index contributed by atoms with van der Waals surface area (Å²) in [5.41, 5.74) is 1.46. The largest absolute Gasteiger partial charge is 0.334 e. The van der Waals surface area contributed by atoms with Crippen LogP contribution in [0.1, 0.15) is 30.1 Å². The first-order valence-corrected chi connectivity index (χ1v) is 7.64. The first-order chi connectivity index (χ1) is 10.8. The highest BCUT2D eigenvalue weighted by atomic mass is 16.2. The molecule has 0 spiro atoms. The Morgan fingerprint density at radius 1 is 1.50 bits per heavy atom. The maximum Gasteiger partial charge on any atom is 0.254 e. The van der Waals surface area contributed by atoms with Gasteiger partial charge in [-0.3, -0.25) is 4.79 Å². The number of aromatic nitrogens is 4. The van der Waals surface area contributed by atoms with Crippen molar-refractivity contribution in [2.75, 3.05) is 19.6 Å². The highest BCUT2D eigenvalue weighted by Gasteiger charge is 2.26. The number of hydrogen-bond donors (Lipinski definition) is 1. The molecule has 22 heavy (non-hydrogen) atoms. The summed E-state index contributed by atoms with van der Waals surface area (Å²) < 4.78 is 1.55. The van der Waals surface area contributed by atoms with Crippen molar-refractivity contribution < 1.29 is 4.79 Å². The van der Waals surface area contributed by atoms with Crippen molar-refractivity contribution >= 4 is 5.91 Å². The predicted octanol–water partition coefficient (Wildman–Crippen LogP) is 0.876. The summed E-state index contributed by atoms with van der Waals surface area (Å²) in [6.45, 7) is 4.72. The molecule has 2 heterocycles. The quantitative estimate of drug-likeness (QED) is 0.887.